The van der Waals surface area contributed by atoms with Gasteiger partial charge in [-0.1, -0.05) is 141 Å². The number of unbranched alkanes of at least 4 members (excludes halogenated alkanes) is 22. The predicted molar refractivity (Wildman–Crippen MR) is 214 cm³/mol. The van der Waals surface area contributed by atoms with Gasteiger partial charge in [-0.05, 0) is 64.2 Å². The molecule has 0 rings (SSSR count). The molecule has 0 bridgehead atoms. The van der Waals surface area contributed by atoms with E-state index in [-0.39, 0.29) is 31.7 Å². The molecule has 0 amide bonds. The van der Waals surface area contributed by atoms with Crippen LogP contribution in [0.1, 0.15) is 194 Å². The summed E-state index contributed by atoms with van der Waals surface area (Å²) in [4.78, 5) is 26.1. The van der Waals surface area contributed by atoms with Gasteiger partial charge in [-0.3, -0.25) is 19.0 Å². The van der Waals surface area contributed by atoms with Gasteiger partial charge in [-0.25, -0.2) is 0 Å². The number of hydrogen-bond acceptors (Lipinski definition) is 7. The molecule has 0 aromatic rings. The van der Waals surface area contributed by atoms with Crippen LogP contribution in [0, 0.1) is 0 Å². The first-order valence-electron chi connectivity index (χ1n) is 21.1. The predicted octanol–water partition coefficient (Wildman–Crippen LogP) is 11.3. The Kier molecular flexibility index (Phi) is 36.8. The molecular weight excluding hydrogens is 663 g/mol. The van der Waals surface area contributed by atoms with Gasteiger partial charge in [0.25, 0.3) is 10.1 Å². The van der Waals surface area contributed by atoms with E-state index in [4.69, 9.17) is 9.47 Å². The first-order chi connectivity index (χ1) is 24.8. The van der Waals surface area contributed by atoms with Crippen molar-refractivity contribution in [3.8, 4) is 0 Å². The lowest BCUT2D eigenvalue weighted by molar-refractivity contribution is -0.144. The summed E-state index contributed by atoms with van der Waals surface area (Å²) in [7, 11) is -4.13. The Bertz CT molecular complexity index is 893. The molecule has 0 aromatic heterocycles. The van der Waals surface area contributed by atoms with Crippen LogP contribution in [0.3, 0.4) is 0 Å². The highest BCUT2D eigenvalue weighted by atomic mass is 32.2. The average molecular weight is 742 g/mol. The third-order valence-electron chi connectivity index (χ3n) is 9.29. The van der Waals surface area contributed by atoms with Gasteiger partial charge in [0.15, 0.2) is 0 Å². The Balaban J connectivity index is 3.91. The molecule has 0 saturated heterocycles. The number of ether oxygens (including phenoxy) is 2. The number of esters is 2. The molecule has 0 aromatic carbocycles. The fourth-order valence-corrected chi connectivity index (χ4v) is 6.47. The van der Waals surface area contributed by atoms with E-state index >= 15 is 0 Å². The van der Waals surface area contributed by atoms with Crippen molar-refractivity contribution in [1.29, 1.82) is 0 Å². The molecule has 0 spiro atoms. The number of carbonyl (C=O) groups is 2. The summed E-state index contributed by atoms with van der Waals surface area (Å²) in [5, 5.41) is 0. The summed E-state index contributed by atoms with van der Waals surface area (Å²) in [5.74, 6) is -0.943. The highest BCUT2D eigenvalue weighted by Gasteiger charge is 2.13. The summed E-state index contributed by atoms with van der Waals surface area (Å²) in [6.07, 6.45) is 41.2. The second-order valence-corrected chi connectivity index (χ2v) is 15.8. The van der Waals surface area contributed by atoms with E-state index in [9.17, 15) is 22.6 Å². The first-order valence-corrected chi connectivity index (χ1v) is 22.7. The van der Waals surface area contributed by atoms with E-state index in [0.717, 1.165) is 51.4 Å². The van der Waals surface area contributed by atoms with Crippen molar-refractivity contribution in [3.05, 3.63) is 24.3 Å². The zero-order valence-corrected chi connectivity index (χ0v) is 33.9. The maximum Gasteiger partial charge on any atom is 0.305 e. The monoisotopic (exact) mass is 742 g/mol. The molecule has 0 saturated carbocycles. The van der Waals surface area contributed by atoms with Gasteiger partial charge in [0, 0.05) is 32.5 Å². The van der Waals surface area contributed by atoms with Crippen LogP contribution < -0.4 is 0 Å². The standard InChI is InChI=1S/C42H79NO7S/c1-3-5-7-9-11-13-15-17-19-21-23-25-27-29-31-33-41(44)49-38-35-43(37-40-51(46,47)48)36-39-50-42(45)34-32-30-28-26-24-22-20-18-16-14-12-10-8-6-4-2/h17-20H,3-16,21-40H2,1-2H3,(H,46,47,48). The van der Waals surface area contributed by atoms with Crippen molar-refractivity contribution < 1.29 is 32.0 Å². The van der Waals surface area contributed by atoms with Crippen LogP contribution in [-0.4, -0.2) is 68.4 Å². The van der Waals surface area contributed by atoms with E-state index in [1.165, 1.54) is 116 Å². The maximum absolute atomic E-state index is 12.2. The first kappa shape index (κ1) is 49.3. The Morgan fingerprint density at radius 1 is 0.490 bits per heavy atom. The summed E-state index contributed by atoms with van der Waals surface area (Å²) < 4.78 is 42.5. The van der Waals surface area contributed by atoms with Crippen LogP contribution in [0.4, 0.5) is 0 Å². The van der Waals surface area contributed by atoms with Gasteiger partial charge in [0.1, 0.15) is 13.2 Å². The highest BCUT2D eigenvalue weighted by molar-refractivity contribution is 7.85. The second kappa shape index (κ2) is 38.0. The van der Waals surface area contributed by atoms with Gasteiger partial charge < -0.3 is 9.47 Å². The molecule has 51 heavy (non-hydrogen) atoms. The minimum atomic E-state index is -4.13. The van der Waals surface area contributed by atoms with E-state index in [1.807, 2.05) is 0 Å². The average Bonchev–Trinajstić information content (AvgIpc) is 3.10. The molecule has 0 aliphatic rings. The molecule has 8 nitrogen and oxygen atoms in total. The van der Waals surface area contributed by atoms with Crippen LogP contribution in [0.15, 0.2) is 24.3 Å². The third-order valence-corrected chi connectivity index (χ3v) is 9.99. The maximum atomic E-state index is 12.2. The molecule has 0 atom stereocenters. The second-order valence-electron chi connectivity index (χ2n) is 14.2. The Morgan fingerprint density at radius 2 is 0.804 bits per heavy atom. The molecule has 0 fully saturated rings. The van der Waals surface area contributed by atoms with Crippen molar-refractivity contribution in [2.75, 3.05) is 38.6 Å². The van der Waals surface area contributed by atoms with Gasteiger partial charge in [0.2, 0.25) is 0 Å². The number of nitrogens with zero attached hydrogens (tertiary/aromatic N) is 1. The lowest BCUT2D eigenvalue weighted by Crippen LogP contribution is -2.35. The molecule has 9 heteroatoms. The van der Waals surface area contributed by atoms with Gasteiger partial charge in [0.05, 0.1) is 5.75 Å². The Hall–Kier alpha value is -1.71. The van der Waals surface area contributed by atoms with Crippen molar-refractivity contribution in [1.82, 2.24) is 4.90 Å². The lowest BCUT2D eigenvalue weighted by atomic mass is 10.1. The number of allylic oxidation sites excluding steroid dienone is 4. The van der Waals surface area contributed by atoms with Crippen molar-refractivity contribution >= 4 is 22.1 Å². The van der Waals surface area contributed by atoms with Crippen LogP contribution in [-0.2, 0) is 29.2 Å². The van der Waals surface area contributed by atoms with Crippen LogP contribution in [0.5, 0.6) is 0 Å². The molecular formula is C42H79NO7S. The van der Waals surface area contributed by atoms with E-state index in [2.05, 4.69) is 38.2 Å². The smallest absolute Gasteiger partial charge is 0.305 e. The zero-order valence-electron chi connectivity index (χ0n) is 33.1. The van der Waals surface area contributed by atoms with Gasteiger partial charge in [-0.2, -0.15) is 8.42 Å². The Labute approximate surface area is 314 Å². The fraction of sp³-hybridized carbons (Fsp3) is 0.857. The minimum absolute atomic E-state index is 0.0659. The molecule has 0 radical (unpaired) electrons. The van der Waals surface area contributed by atoms with E-state index in [0.29, 0.717) is 25.9 Å². The van der Waals surface area contributed by atoms with Crippen LogP contribution >= 0.6 is 0 Å². The van der Waals surface area contributed by atoms with Crippen LogP contribution in [0.2, 0.25) is 0 Å². The summed E-state index contributed by atoms with van der Waals surface area (Å²) >= 11 is 0. The highest BCUT2D eigenvalue weighted by Crippen LogP contribution is 2.12. The normalized spacial score (nSPS) is 12.1. The summed E-state index contributed by atoms with van der Waals surface area (Å²) in [5.41, 5.74) is 0. The molecule has 300 valence electrons. The van der Waals surface area contributed by atoms with E-state index < -0.39 is 15.9 Å². The zero-order chi connectivity index (χ0) is 37.5. The molecule has 0 unspecified atom stereocenters. The van der Waals surface area contributed by atoms with Crippen LogP contribution in [0.25, 0.3) is 0 Å². The number of carbonyl (C=O) groups excluding carboxylic acids is 2. The van der Waals surface area contributed by atoms with Crippen molar-refractivity contribution in [2.45, 2.75) is 194 Å². The van der Waals surface area contributed by atoms with Gasteiger partial charge in [-0.15, -0.1) is 0 Å². The van der Waals surface area contributed by atoms with Crippen molar-refractivity contribution in [2.24, 2.45) is 0 Å². The number of rotatable bonds is 39. The third kappa shape index (κ3) is 40.9. The van der Waals surface area contributed by atoms with Crippen molar-refractivity contribution in [3.63, 3.8) is 0 Å². The van der Waals surface area contributed by atoms with Gasteiger partial charge >= 0.3 is 11.9 Å². The number of hydrogen-bond donors (Lipinski definition) is 1. The topological polar surface area (TPSA) is 110 Å². The minimum Gasteiger partial charge on any atom is -0.464 e. The largest absolute Gasteiger partial charge is 0.464 e. The van der Waals surface area contributed by atoms with E-state index in [1.54, 1.807) is 4.90 Å². The fourth-order valence-electron chi connectivity index (χ4n) is 5.98. The summed E-state index contributed by atoms with van der Waals surface area (Å²) in [6.45, 7) is 5.42. The Morgan fingerprint density at radius 3 is 1.14 bits per heavy atom. The molecule has 0 aliphatic heterocycles. The molecule has 0 aliphatic carbocycles. The quantitative estimate of drug-likeness (QED) is 0.0287. The SMILES string of the molecule is CCCCCCCCC=CCCCCCCCC(=O)OCCN(CCOC(=O)CCCCCCCC=CCCCCCCCC)CCS(=O)(=O)O. The summed E-state index contributed by atoms with van der Waals surface area (Å²) in [6, 6.07) is 0. The molecule has 0 heterocycles. The molecule has 1 N–H and O–H groups in total. The lowest BCUT2D eigenvalue weighted by Gasteiger charge is -2.21.